The molecule has 1 atom stereocenters. The minimum Gasteiger partial charge on any atom is -0.491 e. The van der Waals surface area contributed by atoms with Crippen molar-refractivity contribution < 1.29 is 9.47 Å². The molecule has 0 bridgehead atoms. The van der Waals surface area contributed by atoms with Gasteiger partial charge in [0, 0.05) is 25.3 Å². The van der Waals surface area contributed by atoms with Crippen LogP contribution >= 0.6 is 11.3 Å². The van der Waals surface area contributed by atoms with Crippen molar-refractivity contribution in [3.63, 3.8) is 0 Å². The van der Waals surface area contributed by atoms with E-state index in [4.69, 9.17) is 14.5 Å². The SMILES string of the molecule is CN(C)c1ccc(-c2nc3ccc(OC[C@H]4CO4)cc3s2)cc1. The normalized spacial score (nSPS) is 16.5. The average Bonchev–Trinajstić information content (AvgIpc) is 3.30. The molecule has 1 aliphatic heterocycles. The molecule has 4 rings (SSSR count). The van der Waals surface area contributed by atoms with E-state index >= 15 is 0 Å². The first-order chi connectivity index (χ1) is 11.2. The van der Waals surface area contributed by atoms with Gasteiger partial charge in [0.2, 0.25) is 0 Å². The molecule has 118 valence electrons. The minimum absolute atomic E-state index is 0.276. The van der Waals surface area contributed by atoms with Crippen molar-refractivity contribution in [3.8, 4) is 16.3 Å². The molecule has 1 aromatic heterocycles. The molecule has 0 amide bonds. The van der Waals surface area contributed by atoms with Gasteiger partial charge in [0.15, 0.2) is 0 Å². The van der Waals surface area contributed by atoms with Crippen molar-refractivity contribution in [1.82, 2.24) is 4.98 Å². The Balaban J connectivity index is 1.59. The third-order valence-electron chi connectivity index (χ3n) is 3.83. The summed E-state index contributed by atoms with van der Waals surface area (Å²) < 4.78 is 12.1. The molecule has 4 nitrogen and oxygen atoms in total. The van der Waals surface area contributed by atoms with E-state index in [-0.39, 0.29) is 6.10 Å². The van der Waals surface area contributed by atoms with E-state index in [2.05, 4.69) is 35.2 Å². The van der Waals surface area contributed by atoms with Crippen LogP contribution in [-0.2, 0) is 4.74 Å². The zero-order chi connectivity index (χ0) is 15.8. The summed E-state index contributed by atoms with van der Waals surface area (Å²) in [4.78, 5) is 6.82. The molecule has 2 heterocycles. The van der Waals surface area contributed by atoms with E-state index in [0.717, 1.165) is 33.1 Å². The highest BCUT2D eigenvalue weighted by atomic mass is 32.1. The van der Waals surface area contributed by atoms with Gasteiger partial charge in [0.05, 0.1) is 16.8 Å². The van der Waals surface area contributed by atoms with E-state index in [1.165, 1.54) is 5.69 Å². The number of thiazole rings is 1. The van der Waals surface area contributed by atoms with Crippen LogP contribution in [0.5, 0.6) is 5.75 Å². The predicted molar refractivity (Wildman–Crippen MR) is 94.6 cm³/mol. The van der Waals surface area contributed by atoms with Gasteiger partial charge in [-0.25, -0.2) is 4.98 Å². The summed E-state index contributed by atoms with van der Waals surface area (Å²) >= 11 is 1.69. The molecule has 1 aliphatic rings. The van der Waals surface area contributed by atoms with Gasteiger partial charge in [0.1, 0.15) is 23.5 Å². The quantitative estimate of drug-likeness (QED) is 0.668. The van der Waals surface area contributed by atoms with Gasteiger partial charge in [-0.15, -0.1) is 11.3 Å². The first-order valence-corrected chi connectivity index (χ1v) is 8.43. The zero-order valence-corrected chi connectivity index (χ0v) is 14.0. The molecule has 5 heteroatoms. The molecule has 0 aliphatic carbocycles. The molecular formula is C18H18N2O2S. The lowest BCUT2D eigenvalue weighted by molar-refractivity contribution is 0.263. The Kier molecular flexibility index (Phi) is 3.67. The molecule has 0 saturated carbocycles. The first kappa shape index (κ1) is 14.5. The fourth-order valence-electron chi connectivity index (χ4n) is 2.37. The maximum absolute atomic E-state index is 5.74. The molecule has 3 aromatic rings. The van der Waals surface area contributed by atoms with Crippen molar-refractivity contribution in [2.24, 2.45) is 0 Å². The van der Waals surface area contributed by atoms with Gasteiger partial charge in [-0.05, 0) is 42.5 Å². The van der Waals surface area contributed by atoms with E-state index in [0.29, 0.717) is 6.61 Å². The fourth-order valence-corrected chi connectivity index (χ4v) is 3.37. The van der Waals surface area contributed by atoms with Crippen LogP contribution in [0.2, 0.25) is 0 Å². The standard InChI is InChI=1S/C18H18N2O2S/c1-20(2)13-5-3-12(4-6-13)18-19-16-8-7-14(9-17(16)23-18)21-10-15-11-22-15/h3-9,15H,10-11H2,1-2H3/t15-/m0/s1. The molecule has 2 aromatic carbocycles. The van der Waals surface area contributed by atoms with Crippen LogP contribution in [0.1, 0.15) is 0 Å². The average molecular weight is 326 g/mol. The zero-order valence-electron chi connectivity index (χ0n) is 13.2. The van der Waals surface area contributed by atoms with Crippen LogP contribution in [-0.4, -0.2) is 38.4 Å². The number of nitrogens with zero attached hydrogens (tertiary/aromatic N) is 2. The van der Waals surface area contributed by atoms with Crippen LogP contribution in [0.4, 0.5) is 5.69 Å². The van der Waals surface area contributed by atoms with Gasteiger partial charge in [0.25, 0.3) is 0 Å². The number of aromatic nitrogens is 1. The number of benzene rings is 2. The van der Waals surface area contributed by atoms with Crippen LogP contribution in [0.3, 0.4) is 0 Å². The second-order valence-corrected chi connectivity index (χ2v) is 6.89. The number of fused-ring (bicyclic) bond motifs is 1. The van der Waals surface area contributed by atoms with Gasteiger partial charge >= 0.3 is 0 Å². The third kappa shape index (κ3) is 3.16. The van der Waals surface area contributed by atoms with Crippen molar-refractivity contribution in [2.45, 2.75) is 6.10 Å². The second kappa shape index (κ2) is 5.83. The monoisotopic (exact) mass is 326 g/mol. The van der Waals surface area contributed by atoms with Crippen LogP contribution in [0.25, 0.3) is 20.8 Å². The Morgan fingerprint density at radius 1 is 1.22 bits per heavy atom. The molecule has 0 radical (unpaired) electrons. The summed E-state index contributed by atoms with van der Waals surface area (Å²) in [7, 11) is 4.09. The Bertz CT molecular complexity index is 823. The lowest BCUT2D eigenvalue weighted by Crippen LogP contribution is -2.07. The fraction of sp³-hybridized carbons (Fsp3) is 0.278. The highest BCUT2D eigenvalue weighted by Crippen LogP contribution is 2.33. The Morgan fingerprint density at radius 2 is 2.00 bits per heavy atom. The Labute approximate surface area is 139 Å². The van der Waals surface area contributed by atoms with E-state index in [1.54, 1.807) is 11.3 Å². The summed E-state index contributed by atoms with van der Waals surface area (Å²) in [6.45, 7) is 1.44. The van der Waals surface area contributed by atoms with Crippen LogP contribution in [0, 0.1) is 0 Å². The third-order valence-corrected chi connectivity index (χ3v) is 4.90. The number of hydrogen-bond donors (Lipinski definition) is 0. The first-order valence-electron chi connectivity index (χ1n) is 7.62. The number of hydrogen-bond acceptors (Lipinski definition) is 5. The van der Waals surface area contributed by atoms with Crippen LogP contribution < -0.4 is 9.64 Å². The topological polar surface area (TPSA) is 37.9 Å². The lowest BCUT2D eigenvalue weighted by Gasteiger charge is -2.11. The van der Waals surface area contributed by atoms with Gasteiger partial charge in [-0.1, -0.05) is 0 Å². The van der Waals surface area contributed by atoms with E-state index < -0.39 is 0 Å². The maximum atomic E-state index is 5.74. The molecule has 0 N–H and O–H groups in total. The maximum Gasteiger partial charge on any atom is 0.124 e. The van der Waals surface area contributed by atoms with E-state index in [9.17, 15) is 0 Å². The molecule has 1 fully saturated rings. The van der Waals surface area contributed by atoms with Gasteiger partial charge in [-0.2, -0.15) is 0 Å². The van der Waals surface area contributed by atoms with Crippen molar-refractivity contribution >= 4 is 27.2 Å². The smallest absolute Gasteiger partial charge is 0.124 e. The molecule has 0 spiro atoms. The lowest BCUT2D eigenvalue weighted by atomic mass is 10.2. The summed E-state index contributed by atoms with van der Waals surface area (Å²) in [6, 6.07) is 14.5. The van der Waals surface area contributed by atoms with E-state index in [1.807, 2.05) is 26.2 Å². The van der Waals surface area contributed by atoms with Gasteiger partial charge in [-0.3, -0.25) is 0 Å². The molecule has 0 unspecified atom stereocenters. The number of ether oxygens (including phenoxy) is 2. The summed E-state index contributed by atoms with van der Waals surface area (Å²) in [6.07, 6.45) is 0.276. The Hall–Kier alpha value is -2.11. The summed E-state index contributed by atoms with van der Waals surface area (Å²) in [5.41, 5.74) is 3.34. The Morgan fingerprint density at radius 3 is 2.70 bits per heavy atom. The summed E-state index contributed by atoms with van der Waals surface area (Å²) in [5.74, 6) is 0.881. The molecule has 1 saturated heterocycles. The molecular weight excluding hydrogens is 308 g/mol. The highest BCUT2D eigenvalue weighted by Gasteiger charge is 2.23. The predicted octanol–water partition coefficient (Wildman–Crippen LogP) is 3.81. The van der Waals surface area contributed by atoms with Crippen LogP contribution in [0.15, 0.2) is 42.5 Å². The largest absolute Gasteiger partial charge is 0.491 e. The molecule has 23 heavy (non-hydrogen) atoms. The number of anilines is 1. The highest BCUT2D eigenvalue weighted by molar-refractivity contribution is 7.21. The second-order valence-electron chi connectivity index (χ2n) is 5.86. The number of epoxide rings is 1. The van der Waals surface area contributed by atoms with Crippen molar-refractivity contribution in [2.75, 3.05) is 32.2 Å². The van der Waals surface area contributed by atoms with Gasteiger partial charge < -0.3 is 14.4 Å². The van der Waals surface area contributed by atoms with Crippen molar-refractivity contribution in [3.05, 3.63) is 42.5 Å². The number of rotatable bonds is 5. The summed E-state index contributed by atoms with van der Waals surface area (Å²) in [5, 5.41) is 1.04. The van der Waals surface area contributed by atoms with Crippen molar-refractivity contribution in [1.29, 1.82) is 0 Å². The minimum atomic E-state index is 0.276.